The molecule has 0 aliphatic heterocycles. The van der Waals surface area contributed by atoms with Crippen molar-refractivity contribution in [2.24, 2.45) is 7.05 Å². The molecule has 0 radical (unpaired) electrons. The molecule has 5 heteroatoms. The molecule has 0 aliphatic carbocycles. The minimum Gasteiger partial charge on any atom is -0.318 e. The Labute approximate surface area is 63.0 Å². The van der Waals surface area contributed by atoms with Crippen molar-refractivity contribution >= 4 is 0 Å². The van der Waals surface area contributed by atoms with Crippen LogP contribution in [0.25, 0.3) is 0 Å². The van der Waals surface area contributed by atoms with Crippen molar-refractivity contribution in [1.82, 2.24) is 14.8 Å². The van der Waals surface area contributed by atoms with Crippen molar-refractivity contribution in [3.05, 3.63) is 12.2 Å². The van der Waals surface area contributed by atoms with E-state index in [0.717, 1.165) is 6.92 Å². The van der Waals surface area contributed by atoms with Crippen LogP contribution in [0, 0.1) is 0 Å². The molecule has 62 valence electrons. The number of halogens is 2. The molecule has 0 saturated carbocycles. The monoisotopic (exact) mass is 161 g/mol. The van der Waals surface area contributed by atoms with E-state index in [1.54, 1.807) is 7.05 Å². The topological polar surface area (TPSA) is 30.7 Å². The highest BCUT2D eigenvalue weighted by Crippen LogP contribution is 2.20. The van der Waals surface area contributed by atoms with E-state index in [1.165, 1.54) is 10.9 Å². The zero-order chi connectivity index (χ0) is 8.43. The zero-order valence-electron chi connectivity index (χ0n) is 6.33. The molecule has 0 aliphatic rings. The molecule has 0 spiro atoms. The van der Waals surface area contributed by atoms with Crippen LogP contribution in [-0.4, -0.2) is 20.9 Å². The molecule has 0 amide bonds. The molecule has 3 nitrogen and oxygen atoms in total. The summed E-state index contributed by atoms with van der Waals surface area (Å²) in [6, 6.07) is 0. The fraction of sp³-hybridized carbons (Fsp3) is 0.667. The summed E-state index contributed by atoms with van der Waals surface area (Å²) >= 11 is 0. The third-order valence-electron chi connectivity index (χ3n) is 1.40. The summed E-state index contributed by atoms with van der Waals surface area (Å²) in [5, 5.41) is 6.87. The Balaban J connectivity index is 2.84. The van der Waals surface area contributed by atoms with E-state index < -0.39 is 12.3 Å². The van der Waals surface area contributed by atoms with Gasteiger partial charge in [-0.2, -0.15) is 0 Å². The average Bonchev–Trinajstić information content (AvgIpc) is 2.33. The maximum atomic E-state index is 12.9. The largest absolute Gasteiger partial charge is 0.318 e. The molecule has 0 aromatic carbocycles. The number of alkyl halides is 2. The summed E-state index contributed by atoms with van der Waals surface area (Å²) in [6.07, 6.45) is -1.88. The maximum absolute atomic E-state index is 12.9. The third kappa shape index (κ3) is 1.53. The highest BCUT2D eigenvalue weighted by Gasteiger charge is 2.21. The summed E-state index contributed by atoms with van der Waals surface area (Å²) in [5.41, 5.74) is 0. The fourth-order valence-corrected chi connectivity index (χ4v) is 0.747. The molecule has 0 N–H and O–H groups in total. The SMILES string of the molecule is C[C@H](F)[C@H](F)c1nncn1C. The summed E-state index contributed by atoms with van der Waals surface area (Å²) in [5.74, 6) is 0.0278. The maximum Gasteiger partial charge on any atom is 0.190 e. The molecule has 0 fully saturated rings. The van der Waals surface area contributed by atoms with Crippen molar-refractivity contribution in [2.45, 2.75) is 19.3 Å². The standard InChI is InChI=1S/C6H9F2N3/c1-4(7)5(8)6-10-9-3-11(6)2/h3-5H,1-2H3/t4-,5-/m0/s1. The van der Waals surface area contributed by atoms with Gasteiger partial charge in [-0.1, -0.05) is 0 Å². The van der Waals surface area contributed by atoms with Gasteiger partial charge < -0.3 is 4.57 Å². The molecule has 0 bridgehead atoms. The van der Waals surface area contributed by atoms with Gasteiger partial charge in [0.15, 0.2) is 12.0 Å². The Morgan fingerprint density at radius 1 is 1.55 bits per heavy atom. The third-order valence-corrected chi connectivity index (χ3v) is 1.40. The van der Waals surface area contributed by atoms with Crippen molar-refractivity contribution in [2.75, 3.05) is 0 Å². The first-order valence-corrected chi connectivity index (χ1v) is 3.25. The number of aryl methyl sites for hydroxylation is 1. The van der Waals surface area contributed by atoms with Crippen molar-refractivity contribution in [3.8, 4) is 0 Å². The molecule has 0 saturated heterocycles. The van der Waals surface area contributed by atoms with Gasteiger partial charge in [0.2, 0.25) is 0 Å². The number of hydrogen-bond acceptors (Lipinski definition) is 2. The molecule has 1 heterocycles. The Kier molecular flexibility index (Phi) is 2.16. The van der Waals surface area contributed by atoms with Crippen LogP contribution in [0.2, 0.25) is 0 Å². The van der Waals surface area contributed by atoms with Gasteiger partial charge in [-0.15, -0.1) is 10.2 Å². The smallest absolute Gasteiger partial charge is 0.190 e. The first kappa shape index (κ1) is 8.10. The quantitative estimate of drug-likeness (QED) is 0.652. The number of nitrogens with zero attached hydrogens (tertiary/aromatic N) is 3. The first-order chi connectivity index (χ1) is 5.13. The Morgan fingerprint density at radius 2 is 2.18 bits per heavy atom. The van der Waals surface area contributed by atoms with E-state index in [0.29, 0.717) is 0 Å². The van der Waals surface area contributed by atoms with Gasteiger partial charge in [-0.3, -0.25) is 0 Å². The molecule has 1 aromatic rings. The van der Waals surface area contributed by atoms with Crippen LogP contribution >= 0.6 is 0 Å². The minimum absolute atomic E-state index is 0.0278. The first-order valence-electron chi connectivity index (χ1n) is 3.25. The second kappa shape index (κ2) is 2.94. The van der Waals surface area contributed by atoms with E-state index >= 15 is 0 Å². The Morgan fingerprint density at radius 3 is 2.55 bits per heavy atom. The number of aromatic nitrogens is 3. The summed E-state index contributed by atoms with van der Waals surface area (Å²) in [6.45, 7) is 1.15. The lowest BCUT2D eigenvalue weighted by Crippen LogP contribution is -2.10. The van der Waals surface area contributed by atoms with Gasteiger partial charge in [-0.25, -0.2) is 8.78 Å². The van der Waals surface area contributed by atoms with E-state index in [1.807, 2.05) is 0 Å². The Bertz CT molecular complexity index is 233. The van der Waals surface area contributed by atoms with Gasteiger partial charge >= 0.3 is 0 Å². The summed E-state index contributed by atoms with van der Waals surface area (Å²) < 4.78 is 26.6. The molecule has 1 rings (SSSR count). The molecular weight excluding hydrogens is 152 g/mol. The summed E-state index contributed by atoms with van der Waals surface area (Å²) in [4.78, 5) is 0. The van der Waals surface area contributed by atoms with Gasteiger partial charge in [0.1, 0.15) is 12.5 Å². The molecule has 0 unspecified atom stereocenters. The van der Waals surface area contributed by atoms with E-state index in [4.69, 9.17) is 0 Å². The van der Waals surface area contributed by atoms with Crippen LogP contribution in [-0.2, 0) is 7.05 Å². The van der Waals surface area contributed by atoms with Gasteiger partial charge in [0.05, 0.1) is 0 Å². The lowest BCUT2D eigenvalue weighted by molar-refractivity contribution is 0.173. The summed E-state index contributed by atoms with van der Waals surface area (Å²) in [7, 11) is 1.57. The average molecular weight is 161 g/mol. The van der Waals surface area contributed by atoms with Crippen LogP contribution < -0.4 is 0 Å². The van der Waals surface area contributed by atoms with E-state index in [9.17, 15) is 8.78 Å². The molecule has 1 aromatic heterocycles. The van der Waals surface area contributed by atoms with Gasteiger partial charge in [-0.05, 0) is 6.92 Å². The van der Waals surface area contributed by atoms with Crippen molar-refractivity contribution < 1.29 is 8.78 Å². The Hall–Kier alpha value is -1.00. The second-order valence-corrected chi connectivity index (χ2v) is 2.38. The number of rotatable bonds is 2. The van der Waals surface area contributed by atoms with Crippen LogP contribution in [0.3, 0.4) is 0 Å². The van der Waals surface area contributed by atoms with Gasteiger partial charge in [0, 0.05) is 7.05 Å². The van der Waals surface area contributed by atoms with Crippen LogP contribution in [0.15, 0.2) is 6.33 Å². The van der Waals surface area contributed by atoms with Crippen molar-refractivity contribution in [3.63, 3.8) is 0 Å². The van der Waals surface area contributed by atoms with Crippen molar-refractivity contribution in [1.29, 1.82) is 0 Å². The highest BCUT2D eigenvalue weighted by molar-refractivity contribution is 4.92. The second-order valence-electron chi connectivity index (χ2n) is 2.38. The highest BCUT2D eigenvalue weighted by atomic mass is 19.2. The van der Waals surface area contributed by atoms with E-state index in [2.05, 4.69) is 10.2 Å². The van der Waals surface area contributed by atoms with Crippen LogP contribution in [0.4, 0.5) is 8.78 Å². The zero-order valence-corrected chi connectivity index (χ0v) is 6.33. The van der Waals surface area contributed by atoms with Crippen LogP contribution in [0.5, 0.6) is 0 Å². The fourth-order valence-electron chi connectivity index (χ4n) is 0.747. The van der Waals surface area contributed by atoms with E-state index in [-0.39, 0.29) is 5.82 Å². The molecule has 11 heavy (non-hydrogen) atoms. The predicted molar refractivity (Wildman–Crippen MR) is 35.4 cm³/mol. The lowest BCUT2D eigenvalue weighted by Gasteiger charge is -2.06. The van der Waals surface area contributed by atoms with Gasteiger partial charge in [0.25, 0.3) is 0 Å². The minimum atomic E-state index is -1.68. The number of hydrogen-bond donors (Lipinski definition) is 0. The lowest BCUT2D eigenvalue weighted by atomic mass is 10.2. The molecule has 2 atom stereocenters. The predicted octanol–water partition coefficient (Wildman–Crippen LogP) is 1.18. The normalized spacial score (nSPS) is 16.4. The molecular formula is C6H9F2N3. The van der Waals surface area contributed by atoms with Crippen LogP contribution in [0.1, 0.15) is 18.9 Å².